The van der Waals surface area contributed by atoms with Gasteiger partial charge >= 0.3 is 6.18 Å². The summed E-state index contributed by atoms with van der Waals surface area (Å²) in [6.45, 7) is 0.137. The number of nitrogens with one attached hydrogen (secondary N) is 2. The van der Waals surface area contributed by atoms with Gasteiger partial charge in [0.1, 0.15) is 17.5 Å². The standard InChI is InChI=1S/C24H25F4N5/c25-18-3-1-2-15(10-18)14-31-23-13-17(24(26,27)28)12-21(33-23)16-8-9-30-22(11-16)32-20-6-4-19(29)5-7-20/h1-3,8-13,19-20H,4-7,14,29H2,(H,30,32)(H,31,33). The Morgan fingerprint density at radius 1 is 0.970 bits per heavy atom. The molecule has 0 bridgehead atoms. The monoisotopic (exact) mass is 459 g/mol. The second kappa shape index (κ2) is 9.74. The van der Waals surface area contributed by atoms with Crippen LogP contribution in [-0.4, -0.2) is 22.1 Å². The molecule has 2 heterocycles. The van der Waals surface area contributed by atoms with Gasteiger partial charge in [-0.25, -0.2) is 14.4 Å². The third kappa shape index (κ3) is 6.19. The molecule has 3 aromatic rings. The lowest BCUT2D eigenvalue weighted by Gasteiger charge is -2.27. The maximum atomic E-state index is 13.6. The Morgan fingerprint density at radius 2 is 1.76 bits per heavy atom. The van der Waals surface area contributed by atoms with E-state index in [1.807, 2.05) is 0 Å². The summed E-state index contributed by atoms with van der Waals surface area (Å²) in [5.74, 6) is 0.224. The Balaban J connectivity index is 1.57. The van der Waals surface area contributed by atoms with E-state index in [0.717, 1.165) is 37.8 Å². The fraction of sp³-hybridized carbons (Fsp3) is 0.333. The second-order valence-corrected chi connectivity index (χ2v) is 8.29. The van der Waals surface area contributed by atoms with E-state index in [4.69, 9.17) is 5.73 Å². The molecule has 1 aliphatic carbocycles. The van der Waals surface area contributed by atoms with Crippen molar-refractivity contribution in [2.24, 2.45) is 5.73 Å². The Bertz CT molecular complexity index is 1090. The molecule has 0 radical (unpaired) electrons. The molecule has 5 nitrogen and oxygen atoms in total. The maximum absolute atomic E-state index is 13.6. The molecule has 1 fully saturated rings. The van der Waals surface area contributed by atoms with E-state index in [-0.39, 0.29) is 30.1 Å². The Kier molecular flexibility index (Phi) is 6.78. The van der Waals surface area contributed by atoms with Gasteiger partial charge in [-0.2, -0.15) is 13.2 Å². The van der Waals surface area contributed by atoms with E-state index >= 15 is 0 Å². The first kappa shape index (κ1) is 23.0. The summed E-state index contributed by atoms with van der Waals surface area (Å²) >= 11 is 0. The van der Waals surface area contributed by atoms with Crippen LogP contribution in [0.4, 0.5) is 29.2 Å². The molecular formula is C24H25F4N5. The summed E-state index contributed by atoms with van der Waals surface area (Å²) in [5, 5.41) is 6.23. The zero-order valence-electron chi connectivity index (χ0n) is 17.9. The summed E-state index contributed by atoms with van der Waals surface area (Å²) in [6, 6.07) is 11.6. The summed E-state index contributed by atoms with van der Waals surface area (Å²) in [7, 11) is 0. The van der Waals surface area contributed by atoms with Crippen molar-refractivity contribution in [3.8, 4) is 11.3 Å². The van der Waals surface area contributed by atoms with Gasteiger partial charge in [0.15, 0.2) is 0 Å². The van der Waals surface area contributed by atoms with Crippen LogP contribution < -0.4 is 16.4 Å². The Hall–Kier alpha value is -3.20. The lowest BCUT2D eigenvalue weighted by atomic mass is 9.92. The first-order chi connectivity index (χ1) is 15.8. The predicted octanol–water partition coefficient (Wildman–Crippen LogP) is 5.60. The number of halogens is 4. The van der Waals surface area contributed by atoms with E-state index in [1.165, 1.54) is 12.1 Å². The van der Waals surface area contributed by atoms with Crippen molar-refractivity contribution in [3.05, 3.63) is 71.7 Å². The quantitative estimate of drug-likeness (QED) is 0.419. The van der Waals surface area contributed by atoms with Gasteiger partial charge in [0.25, 0.3) is 0 Å². The van der Waals surface area contributed by atoms with Crippen molar-refractivity contribution in [1.82, 2.24) is 9.97 Å². The van der Waals surface area contributed by atoms with E-state index in [2.05, 4.69) is 20.6 Å². The minimum absolute atomic E-state index is 0.0525. The summed E-state index contributed by atoms with van der Waals surface area (Å²) in [6.07, 6.45) is 0.696. The molecule has 1 saturated carbocycles. The summed E-state index contributed by atoms with van der Waals surface area (Å²) < 4.78 is 54.1. The van der Waals surface area contributed by atoms with E-state index in [9.17, 15) is 17.6 Å². The molecule has 0 amide bonds. The Labute approximate surface area is 189 Å². The van der Waals surface area contributed by atoms with Gasteiger partial charge in [0.05, 0.1) is 11.3 Å². The van der Waals surface area contributed by atoms with Gasteiger partial charge in [-0.1, -0.05) is 12.1 Å². The zero-order chi connectivity index (χ0) is 23.4. The zero-order valence-corrected chi connectivity index (χ0v) is 17.9. The molecule has 33 heavy (non-hydrogen) atoms. The van der Waals surface area contributed by atoms with Crippen molar-refractivity contribution in [2.75, 3.05) is 10.6 Å². The molecule has 0 spiro atoms. The lowest BCUT2D eigenvalue weighted by molar-refractivity contribution is -0.137. The molecule has 4 N–H and O–H groups in total. The molecular weight excluding hydrogens is 434 g/mol. The normalized spacial score (nSPS) is 18.7. The number of rotatable bonds is 6. The van der Waals surface area contributed by atoms with Crippen molar-refractivity contribution < 1.29 is 17.6 Å². The van der Waals surface area contributed by atoms with Crippen molar-refractivity contribution >= 4 is 11.6 Å². The van der Waals surface area contributed by atoms with Crippen molar-refractivity contribution in [1.29, 1.82) is 0 Å². The van der Waals surface area contributed by atoms with Crippen LogP contribution >= 0.6 is 0 Å². The van der Waals surface area contributed by atoms with Crippen LogP contribution in [0.15, 0.2) is 54.7 Å². The van der Waals surface area contributed by atoms with E-state index in [1.54, 1.807) is 30.5 Å². The second-order valence-electron chi connectivity index (χ2n) is 8.29. The number of anilines is 2. The van der Waals surface area contributed by atoms with Crippen molar-refractivity contribution in [3.63, 3.8) is 0 Å². The molecule has 0 saturated heterocycles. The highest BCUT2D eigenvalue weighted by molar-refractivity contribution is 5.66. The molecule has 0 aliphatic heterocycles. The minimum atomic E-state index is -4.54. The molecule has 0 atom stereocenters. The smallest absolute Gasteiger partial charge is 0.367 e. The number of alkyl halides is 3. The van der Waals surface area contributed by atoms with Crippen LogP contribution in [0.5, 0.6) is 0 Å². The highest BCUT2D eigenvalue weighted by Crippen LogP contribution is 2.34. The molecule has 1 aliphatic rings. The third-order valence-corrected chi connectivity index (χ3v) is 5.69. The molecule has 2 aromatic heterocycles. The number of hydrogen-bond donors (Lipinski definition) is 3. The number of nitrogens with zero attached hydrogens (tertiary/aromatic N) is 2. The molecule has 1 aromatic carbocycles. The number of aromatic nitrogens is 2. The topological polar surface area (TPSA) is 75.9 Å². The van der Waals surface area contributed by atoms with Gasteiger partial charge in [-0.15, -0.1) is 0 Å². The molecule has 9 heteroatoms. The van der Waals surface area contributed by atoms with Crippen LogP contribution in [0.2, 0.25) is 0 Å². The first-order valence-electron chi connectivity index (χ1n) is 10.8. The van der Waals surface area contributed by atoms with Crippen LogP contribution in [0.1, 0.15) is 36.8 Å². The van der Waals surface area contributed by atoms with Gasteiger partial charge < -0.3 is 16.4 Å². The van der Waals surface area contributed by atoms with Crippen LogP contribution in [-0.2, 0) is 12.7 Å². The van der Waals surface area contributed by atoms with Gasteiger partial charge in [-0.05, 0) is 67.6 Å². The predicted molar refractivity (Wildman–Crippen MR) is 120 cm³/mol. The average molecular weight is 459 g/mol. The largest absolute Gasteiger partial charge is 0.416 e. The van der Waals surface area contributed by atoms with Crippen LogP contribution in [0.3, 0.4) is 0 Å². The summed E-state index contributed by atoms with van der Waals surface area (Å²) in [4.78, 5) is 8.69. The van der Waals surface area contributed by atoms with Gasteiger partial charge in [-0.3, -0.25) is 0 Å². The van der Waals surface area contributed by atoms with E-state index in [0.29, 0.717) is 16.9 Å². The minimum Gasteiger partial charge on any atom is -0.367 e. The highest BCUT2D eigenvalue weighted by atomic mass is 19.4. The average Bonchev–Trinajstić information content (AvgIpc) is 2.79. The fourth-order valence-corrected chi connectivity index (χ4v) is 3.91. The molecule has 4 rings (SSSR count). The van der Waals surface area contributed by atoms with E-state index < -0.39 is 17.6 Å². The number of hydrogen-bond acceptors (Lipinski definition) is 5. The third-order valence-electron chi connectivity index (χ3n) is 5.69. The molecule has 174 valence electrons. The van der Waals surface area contributed by atoms with Crippen LogP contribution in [0.25, 0.3) is 11.3 Å². The number of benzene rings is 1. The van der Waals surface area contributed by atoms with Crippen LogP contribution in [0, 0.1) is 5.82 Å². The summed E-state index contributed by atoms with van der Waals surface area (Å²) in [5.41, 5.74) is 6.42. The first-order valence-corrected chi connectivity index (χ1v) is 10.8. The Morgan fingerprint density at radius 3 is 2.48 bits per heavy atom. The number of nitrogens with two attached hydrogens (primary N) is 1. The lowest BCUT2D eigenvalue weighted by Crippen LogP contribution is -2.33. The number of pyridine rings is 2. The SMILES string of the molecule is NC1CCC(Nc2cc(-c3cc(C(F)(F)F)cc(NCc4cccc(F)c4)n3)ccn2)CC1. The maximum Gasteiger partial charge on any atom is 0.416 e. The highest BCUT2D eigenvalue weighted by Gasteiger charge is 2.32. The fourth-order valence-electron chi connectivity index (χ4n) is 3.91. The molecule has 0 unspecified atom stereocenters. The van der Waals surface area contributed by atoms with Gasteiger partial charge in [0, 0.05) is 30.4 Å². The van der Waals surface area contributed by atoms with Gasteiger partial charge in [0.2, 0.25) is 0 Å². The van der Waals surface area contributed by atoms with Crippen molar-refractivity contribution in [2.45, 2.75) is 50.5 Å².